The molecule has 5 nitrogen and oxygen atoms in total. The zero-order chi connectivity index (χ0) is 18.8. The Morgan fingerprint density at radius 2 is 2.04 bits per heavy atom. The second-order valence-corrected chi connectivity index (χ2v) is 9.02. The molecule has 148 valence electrons. The summed E-state index contributed by atoms with van der Waals surface area (Å²) in [6, 6.07) is 5.78. The van der Waals surface area contributed by atoms with E-state index in [2.05, 4.69) is 28.2 Å². The Hall–Kier alpha value is -1.46. The second kappa shape index (κ2) is 8.27. The lowest BCUT2D eigenvalue weighted by Gasteiger charge is -2.45. The third-order valence-corrected chi connectivity index (χ3v) is 6.74. The first-order valence-electron chi connectivity index (χ1n) is 10.7. The van der Waals surface area contributed by atoms with Gasteiger partial charge in [-0.25, -0.2) is 0 Å². The number of rotatable bonds is 8. The van der Waals surface area contributed by atoms with Crippen LogP contribution in [0.25, 0.3) is 0 Å². The number of carboxylic acids is 1. The normalized spacial score (nSPS) is 30.9. The van der Waals surface area contributed by atoms with Crippen molar-refractivity contribution < 1.29 is 9.90 Å². The van der Waals surface area contributed by atoms with Crippen molar-refractivity contribution in [2.45, 2.75) is 82.3 Å². The van der Waals surface area contributed by atoms with E-state index in [9.17, 15) is 9.90 Å². The number of hydrogen-bond donors (Lipinski definition) is 2. The van der Waals surface area contributed by atoms with Gasteiger partial charge < -0.3 is 10.4 Å². The highest BCUT2D eigenvalue weighted by molar-refractivity contribution is 5.69. The van der Waals surface area contributed by atoms with Crippen LogP contribution in [0.5, 0.6) is 0 Å². The topological polar surface area (TPSA) is 65.5 Å². The van der Waals surface area contributed by atoms with Gasteiger partial charge in [0.25, 0.3) is 0 Å². The summed E-state index contributed by atoms with van der Waals surface area (Å²) in [6.45, 7) is 3.36. The van der Waals surface area contributed by atoms with Gasteiger partial charge in [0.2, 0.25) is 0 Å². The molecule has 0 aliphatic heterocycles. The number of carboxylic acid groups (broad SMARTS) is 1. The number of hydrogen-bond acceptors (Lipinski definition) is 4. The number of carbonyl (C=O) groups is 1. The molecular formula is C22H33N3O2. The predicted octanol–water partition coefficient (Wildman–Crippen LogP) is 3.33. The Bertz CT molecular complexity index is 655. The van der Waals surface area contributed by atoms with Gasteiger partial charge >= 0.3 is 5.97 Å². The van der Waals surface area contributed by atoms with Gasteiger partial charge in [-0.05, 0) is 69.4 Å². The number of nitrogens with zero attached hydrogens (tertiary/aromatic N) is 2. The molecule has 27 heavy (non-hydrogen) atoms. The summed E-state index contributed by atoms with van der Waals surface area (Å²) in [4.78, 5) is 18.1. The van der Waals surface area contributed by atoms with Gasteiger partial charge in [0.05, 0.1) is 6.54 Å². The Kier molecular flexibility index (Phi) is 5.79. The first kappa shape index (κ1) is 18.9. The summed E-state index contributed by atoms with van der Waals surface area (Å²) >= 11 is 0. The van der Waals surface area contributed by atoms with Crippen LogP contribution in [0.15, 0.2) is 18.3 Å². The smallest absolute Gasteiger partial charge is 0.317 e. The molecule has 1 aromatic rings. The summed E-state index contributed by atoms with van der Waals surface area (Å²) in [6.07, 6.45) is 11.6. The summed E-state index contributed by atoms with van der Waals surface area (Å²) in [7, 11) is 0. The second-order valence-electron chi connectivity index (χ2n) is 9.02. The molecule has 3 aliphatic rings. The molecule has 2 atom stereocenters. The molecule has 0 bridgehead atoms. The van der Waals surface area contributed by atoms with Gasteiger partial charge in [-0.15, -0.1) is 0 Å². The highest BCUT2D eigenvalue weighted by Gasteiger charge is 2.38. The lowest BCUT2D eigenvalue weighted by molar-refractivity contribution is -0.139. The number of aromatic nitrogens is 1. The fourth-order valence-corrected chi connectivity index (χ4v) is 5.02. The fraction of sp³-hybridized carbons (Fsp3) is 0.727. The minimum atomic E-state index is -0.687. The van der Waals surface area contributed by atoms with Crippen molar-refractivity contribution in [2.24, 2.45) is 5.92 Å². The predicted molar refractivity (Wildman–Crippen MR) is 106 cm³/mol. The van der Waals surface area contributed by atoms with Crippen molar-refractivity contribution in [3.63, 3.8) is 0 Å². The molecule has 0 amide bonds. The molecular weight excluding hydrogens is 338 g/mol. The van der Waals surface area contributed by atoms with E-state index in [-0.39, 0.29) is 6.54 Å². The highest BCUT2D eigenvalue weighted by Crippen LogP contribution is 2.36. The van der Waals surface area contributed by atoms with E-state index in [1.54, 1.807) is 0 Å². The molecule has 3 fully saturated rings. The van der Waals surface area contributed by atoms with Crippen LogP contribution in [-0.2, 0) is 4.79 Å². The average molecular weight is 372 g/mol. The standard InChI is InChI=1S/C22H33N3O2/c1-15-4-3-9-23-22(15)17-5-2-6-18(10-17)24-19-11-20(12-19)25(14-21(26)27)13-16-7-8-16/h3-4,9,16-20,24H,2,5-8,10-14H2,1H3,(H,26,27). The van der Waals surface area contributed by atoms with E-state index in [0.717, 1.165) is 25.3 Å². The molecule has 0 radical (unpaired) electrons. The van der Waals surface area contributed by atoms with E-state index in [4.69, 9.17) is 0 Å². The zero-order valence-electron chi connectivity index (χ0n) is 16.4. The molecule has 3 aliphatic carbocycles. The summed E-state index contributed by atoms with van der Waals surface area (Å²) in [5.74, 6) is 0.636. The Labute approximate surface area is 162 Å². The number of nitrogens with one attached hydrogen (secondary N) is 1. The van der Waals surface area contributed by atoms with Gasteiger partial charge in [0.1, 0.15) is 0 Å². The minimum Gasteiger partial charge on any atom is -0.480 e. The maximum atomic E-state index is 11.2. The van der Waals surface area contributed by atoms with E-state index in [1.807, 2.05) is 12.3 Å². The van der Waals surface area contributed by atoms with Gasteiger partial charge in [-0.1, -0.05) is 12.5 Å². The van der Waals surface area contributed by atoms with Crippen molar-refractivity contribution in [2.75, 3.05) is 13.1 Å². The van der Waals surface area contributed by atoms with E-state index < -0.39 is 5.97 Å². The monoisotopic (exact) mass is 371 g/mol. The zero-order valence-corrected chi connectivity index (χ0v) is 16.4. The van der Waals surface area contributed by atoms with Crippen LogP contribution in [0.4, 0.5) is 0 Å². The van der Waals surface area contributed by atoms with E-state index in [0.29, 0.717) is 24.0 Å². The molecule has 0 spiro atoms. The van der Waals surface area contributed by atoms with Crippen molar-refractivity contribution in [1.82, 2.24) is 15.2 Å². The van der Waals surface area contributed by atoms with E-state index >= 15 is 0 Å². The third kappa shape index (κ3) is 4.88. The van der Waals surface area contributed by atoms with Crippen molar-refractivity contribution >= 4 is 5.97 Å². The molecule has 0 aromatic carbocycles. The number of aryl methyl sites for hydroxylation is 1. The first-order valence-corrected chi connectivity index (χ1v) is 10.7. The van der Waals surface area contributed by atoms with Crippen molar-refractivity contribution in [3.05, 3.63) is 29.6 Å². The molecule has 2 N–H and O–H groups in total. The molecule has 5 heteroatoms. The van der Waals surface area contributed by atoms with Crippen LogP contribution in [0.3, 0.4) is 0 Å². The van der Waals surface area contributed by atoms with E-state index in [1.165, 1.54) is 49.8 Å². The SMILES string of the molecule is Cc1cccnc1C1CCCC(NC2CC(N(CC(=O)O)CC3CC3)C2)C1. The maximum absolute atomic E-state index is 11.2. The summed E-state index contributed by atoms with van der Waals surface area (Å²) in [5.41, 5.74) is 2.60. The first-order chi connectivity index (χ1) is 13.1. The maximum Gasteiger partial charge on any atom is 0.317 e. The van der Waals surface area contributed by atoms with Crippen LogP contribution in [0.1, 0.15) is 68.5 Å². The van der Waals surface area contributed by atoms with Gasteiger partial charge in [-0.3, -0.25) is 14.7 Å². The molecule has 1 heterocycles. The minimum absolute atomic E-state index is 0.207. The Morgan fingerprint density at radius 3 is 2.74 bits per heavy atom. The fourth-order valence-electron chi connectivity index (χ4n) is 5.02. The van der Waals surface area contributed by atoms with Crippen LogP contribution >= 0.6 is 0 Å². The number of pyridine rings is 1. The van der Waals surface area contributed by atoms with Crippen LogP contribution in [0.2, 0.25) is 0 Å². The number of aliphatic carboxylic acids is 1. The lowest BCUT2D eigenvalue weighted by Crippen LogP contribution is -2.56. The van der Waals surface area contributed by atoms with Crippen LogP contribution < -0.4 is 5.32 Å². The molecule has 1 aromatic heterocycles. The Morgan fingerprint density at radius 1 is 1.22 bits per heavy atom. The molecule has 4 rings (SSSR count). The highest BCUT2D eigenvalue weighted by atomic mass is 16.4. The van der Waals surface area contributed by atoms with Crippen molar-refractivity contribution in [1.29, 1.82) is 0 Å². The van der Waals surface area contributed by atoms with Gasteiger partial charge in [0, 0.05) is 42.5 Å². The van der Waals surface area contributed by atoms with Gasteiger partial charge in [-0.2, -0.15) is 0 Å². The molecule has 0 saturated heterocycles. The summed E-state index contributed by atoms with van der Waals surface area (Å²) < 4.78 is 0. The molecule has 2 unspecified atom stereocenters. The largest absolute Gasteiger partial charge is 0.480 e. The van der Waals surface area contributed by atoms with Crippen LogP contribution in [-0.4, -0.2) is 52.2 Å². The lowest BCUT2D eigenvalue weighted by atomic mass is 9.79. The van der Waals surface area contributed by atoms with Crippen LogP contribution in [0, 0.1) is 12.8 Å². The summed E-state index contributed by atoms with van der Waals surface area (Å²) in [5, 5.41) is 13.1. The van der Waals surface area contributed by atoms with Crippen molar-refractivity contribution in [3.8, 4) is 0 Å². The molecule has 3 saturated carbocycles. The Balaban J connectivity index is 1.26. The third-order valence-electron chi connectivity index (χ3n) is 6.74. The quantitative estimate of drug-likeness (QED) is 0.734. The average Bonchev–Trinajstić information content (AvgIpc) is 3.41. The van der Waals surface area contributed by atoms with Gasteiger partial charge in [0.15, 0.2) is 0 Å².